The van der Waals surface area contributed by atoms with E-state index in [0.29, 0.717) is 17.3 Å². The Balaban J connectivity index is 1.46. The number of amides is 1. The van der Waals surface area contributed by atoms with Crippen LogP contribution in [0.2, 0.25) is 5.02 Å². The van der Waals surface area contributed by atoms with Crippen molar-refractivity contribution in [3.63, 3.8) is 0 Å². The van der Waals surface area contributed by atoms with Gasteiger partial charge in [0.25, 0.3) is 0 Å². The third-order valence-corrected chi connectivity index (χ3v) is 5.23. The number of benzene rings is 1. The van der Waals surface area contributed by atoms with Gasteiger partial charge in [0.2, 0.25) is 5.91 Å². The van der Waals surface area contributed by atoms with Crippen molar-refractivity contribution in [1.82, 2.24) is 14.8 Å². The van der Waals surface area contributed by atoms with E-state index in [1.165, 1.54) is 5.56 Å². The Morgan fingerprint density at radius 2 is 1.79 bits per heavy atom. The van der Waals surface area contributed by atoms with Gasteiger partial charge in [-0.3, -0.25) is 24.4 Å². The molecule has 2 aromatic rings. The smallest absolute Gasteiger partial charge is 0.308 e. The summed E-state index contributed by atoms with van der Waals surface area (Å²) in [6.45, 7) is 4.49. The number of carboxylic acid groups (broad SMARTS) is 1. The third kappa shape index (κ3) is 6.81. The van der Waals surface area contributed by atoms with Crippen molar-refractivity contribution in [2.75, 3.05) is 38.0 Å². The molecule has 3 rings (SSSR count). The number of pyridine rings is 1. The molecule has 29 heavy (non-hydrogen) atoms. The molecule has 1 aromatic carbocycles. The van der Waals surface area contributed by atoms with Crippen LogP contribution in [0.1, 0.15) is 12.0 Å². The Kier molecular flexibility index (Phi) is 7.57. The maximum atomic E-state index is 12.3. The molecule has 1 saturated heterocycles. The highest BCUT2D eigenvalue weighted by Gasteiger charge is 2.26. The van der Waals surface area contributed by atoms with Crippen LogP contribution in [0.3, 0.4) is 0 Å². The fourth-order valence-electron chi connectivity index (χ4n) is 3.39. The molecule has 8 heteroatoms. The Hall–Kier alpha value is -2.48. The highest BCUT2D eigenvalue weighted by molar-refractivity contribution is 6.30. The number of carbonyl (C=O) groups is 2. The summed E-state index contributed by atoms with van der Waals surface area (Å²) in [5.41, 5.74) is 1.77. The van der Waals surface area contributed by atoms with E-state index in [9.17, 15) is 14.7 Å². The van der Waals surface area contributed by atoms with E-state index in [-0.39, 0.29) is 12.3 Å². The Bertz CT molecular complexity index is 808. The van der Waals surface area contributed by atoms with E-state index in [4.69, 9.17) is 11.6 Å². The number of hydrogen-bond donors (Lipinski definition) is 2. The number of halogens is 1. The van der Waals surface area contributed by atoms with Gasteiger partial charge in [-0.15, -0.1) is 0 Å². The molecule has 1 aliphatic heterocycles. The summed E-state index contributed by atoms with van der Waals surface area (Å²) in [4.78, 5) is 32.5. The van der Waals surface area contributed by atoms with Crippen molar-refractivity contribution in [3.05, 3.63) is 59.4 Å². The maximum Gasteiger partial charge on any atom is 0.308 e. The average molecular weight is 417 g/mol. The van der Waals surface area contributed by atoms with Crippen LogP contribution in [-0.2, 0) is 16.1 Å². The lowest BCUT2D eigenvalue weighted by Gasteiger charge is -2.35. The highest BCUT2D eigenvalue weighted by atomic mass is 35.5. The van der Waals surface area contributed by atoms with E-state index < -0.39 is 11.9 Å². The van der Waals surface area contributed by atoms with Gasteiger partial charge in [-0.2, -0.15) is 0 Å². The van der Waals surface area contributed by atoms with Crippen LogP contribution >= 0.6 is 11.6 Å². The van der Waals surface area contributed by atoms with E-state index in [1.54, 1.807) is 30.5 Å². The second-order valence-electron chi connectivity index (χ2n) is 7.23. The van der Waals surface area contributed by atoms with Gasteiger partial charge in [0.15, 0.2) is 0 Å². The lowest BCUT2D eigenvalue weighted by atomic mass is 10.0. The molecule has 0 bridgehead atoms. The first kappa shape index (κ1) is 21.2. The molecule has 7 nitrogen and oxygen atoms in total. The second kappa shape index (κ2) is 10.3. The fourth-order valence-corrected chi connectivity index (χ4v) is 3.52. The fraction of sp³-hybridized carbons (Fsp3) is 0.381. The summed E-state index contributed by atoms with van der Waals surface area (Å²) >= 11 is 5.84. The van der Waals surface area contributed by atoms with Gasteiger partial charge in [0, 0.05) is 68.8 Å². The van der Waals surface area contributed by atoms with Gasteiger partial charge >= 0.3 is 5.97 Å². The standard InChI is InChI=1S/C21H25ClN4O3/c22-18-3-5-19(6-4-18)24-20(27)12-17(21(28)29)15-26-10-8-25(9-11-26)14-16-2-1-7-23-13-16/h1-7,13,17H,8-12,14-15H2,(H,24,27)(H,28,29)/t17-/m0/s1. The molecule has 1 aliphatic rings. The summed E-state index contributed by atoms with van der Waals surface area (Å²) < 4.78 is 0. The SMILES string of the molecule is O=C(C[C@@H](CN1CCN(Cc2cccnc2)CC1)C(=O)O)Nc1ccc(Cl)cc1. The molecule has 1 fully saturated rings. The van der Waals surface area contributed by atoms with Crippen LogP contribution in [0.15, 0.2) is 48.8 Å². The van der Waals surface area contributed by atoms with Crippen molar-refractivity contribution in [2.24, 2.45) is 5.92 Å². The minimum atomic E-state index is -0.950. The van der Waals surface area contributed by atoms with Crippen LogP contribution < -0.4 is 5.32 Å². The number of carbonyl (C=O) groups excluding carboxylic acids is 1. The summed E-state index contributed by atoms with van der Waals surface area (Å²) in [5, 5.41) is 12.9. The number of nitrogens with zero attached hydrogens (tertiary/aromatic N) is 3. The summed E-state index contributed by atoms with van der Waals surface area (Å²) in [5.74, 6) is -2.00. The van der Waals surface area contributed by atoms with Crippen LogP contribution in [0, 0.1) is 5.92 Å². The van der Waals surface area contributed by atoms with Gasteiger partial charge in [-0.1, -0.05) is 17.7 Å². The molecule has 0 aliphatic carbocycles. The predicted octanol–water partition coefficient (Wildman–Crippen LogP) is 2.58. The molecule has 0 spiro atoms. The first-order valence-corrected chi connectivity index (χ1v) is 9.99. The van der Waals surface area contributed by atoms with Crippen LogP contribution in [0.4, 0.5) is 5.69 Å². The van der Waals surface area contributed by atoms with Crippen molar-refractivity contribution in [1.29, 1.82) is 0 Å². The minimum absolute atomic E-state index is 0.0616. The number of hydrogen-bond acceptors (Lipinski definition) is 5. The van der Waals surface area contributed by atoms with Crippen molar-refractivity contribution >= 4 is 29.2 Å². The molecule has 2 N–H and O–H groups in total. The zero-order chi connectivity index (χ0) is 20.6. The molecule has 1 atom stereocenters. The monoisotopic (exact) mass is 416 g/mol. The minimum Gasteiger partial charge on any atom is -0.481 e. The third-order valence-electron chi connectivity index (χ3n) is 4.98. The number of piperazine rings is 1. The Morgan fingerprint density at radius 1 is 1.10 bits per heavy atom. The number of nitrogens with one attached hydrogen (secondary N) is 1. The maximum absolute atomic E-state index is 12.3. The molecular formula is C21H25ClN4O3. The quantitative estimate of drug-likeness (QED) is 0.688. The highest BCUT2D eigenvalue weighted by Crippen LogP contribution is 2.16. The number of anilines is 1. The zero-order valence-corrected chi connectivity index (χ0v) is 16.9. The van der Waals surface area contributed by atoms with Gasteiger partial charge in [0.1, 0.15) is 0 Å². The normalized spacial score (nSPS) is 16.3. The zero-order valence-electron chi connectivity index (χ0n) is 16.1. The van der Waals surface area contributed by atoms with Crippen molar-refractivity contribution in [3.8, 4) is 0 Å². The summed E-state index contributed by atoms with van der Waals surface area (Å²) in [7, 11) is 0. The van der Waals surface area contributed by atoms with Crippen molar-refractivity contribution in [2.45, 2.75) is 13.0 Å². The first-order chi connectivity index (χ1) is 14.0. The lowest BCUT2D eigenvalue weighted by Crippen LogP contribution is -2.48. The van der Waals surface area contributed by atoms with Crippen molar-refractivity contribution < 1.29 is 14.7 Å². The topological polar surface area (TPSA) is 85.8 Å². The van der Waals surface area contributed by atoms with Gasteiger partial charge in [-0.05, 0) is 35.9 Å². The van der Waals surface area contributed by atoms with E-state index in [2.05, 4.69) is 26.2 Å². The number of aliphatic carboxylic acids is 1. The molecule has 0 saturated carbocycles. The second-order valence-corrected chi connectivity index (χ2v) is 7.67. The number of rotatable bonds is 8. The van der Waals surface area contributed by atoms with E-state index in [1.807, 2.05) is 12.3 Å². The Morgan fingerprint density at radius 3 is 2.41 bits per heavy atom. The van der Waals surface area contributed by atoms with E-state index in [0.717, 1.165) is 32.7 Å². The molecule has 154 valence electrons. The summed E-state index contributed by atoms with van der Waals surface area (Å²) in [6.07, 6.45) is 3.57. The predicted molar refractivity (Wildman–Crippen MR) is 112 cm³/mol. The Labute approximate surface area is 175 Å². The van der Waals surface area contributed by atoms with Gasteiger partial charge < -0.3 is 10.4 Å². The van der Waals surface area contributed by atoms with Gasteiger partial charge in [-0.25, -0.2) is 0 Å². The largest absolute Gasteiger partial charge is 0.481 e. The van der Waals surface area contributed by atoms with Crippen LogP contribution in [-0.4, -0.2) is 64.5 Å². The van der Waals surface area contributed by atoms with Gasteiger partial charge in [0.05, 0.1) is 5.92 Å². The molecule has 2 heterocycles. The van der Waals surface area contributed by atoms with E-state index >= 15 is 0 Å². The van der Waals surface area contributed by atoms with Crippen LogP contribution in [0.5, 0.6) is 0 Å². The molecule has 0 unspecified atom stereocenters. The molecule has 1 aromatic heterocycles. The molecular weight excluding hydrogens is 392 g/mol. The first-order valence-electron chi connectivity index (χ1n) is 9.61. The lowest BCUT2D eigenvalue weighted by molar-refractivity contribution is -0.144. The molecule has 0 radical (unpaired) electrons. The van der Waals surface area contributed by atoms with Crippen LogP contribution in [0.25, 0.3) is 0 Å². The average Bonchev–Trinajstić information content (AvgIpc) is 2.71. The number of carboxylic acids is 1. The summed E-state index contributed by atoms with van der Waals surface area (Å²) in [6, 6.07) is 10.7. The molecule has 1 amide bonds. The number of aromatic nitrogens is 1.